The molecule has 4 nitrogen and oxygen atoms in total. The second-order valence-corrected chi connectivity index (χ2v) is 7.96. The Labute approximate surface area is 176 Å². The van der Waals surface area contributed by atoms with E-state index in [2.05, 4.69) is 49.6 Å². The molecule has 158 valence electrons. The van der Waals surface area contributed by atoms with Crippen molar-refractivity contribution in [3.63, 3.8) is 0 Å². The van der Waals surface area contributed by atoms with Gasteiger partial charge in [0, 0.05) is 24.3 Å². The van der Waals surface area contributed by atoms with E-state index in [9.17, 15) is 4.79 Å². The van der Waals surface area contributed by atoms with Gasteiger partial charge in [-0.05, 0) is 65.0 Å². The van der Waals surface area contributed by atoms with Gasteiger partial charge in [0.15, 0.2) is 5.78 Å². The molecule has 1 heterocycles. The average molecular weight is 397 g/mol. The summed E-state index contributed by atoms with van der Waals surface area (Å²) in [6.45, 7) is 13.7. The molecule has 1 saturated heterocycles. The third-order valence-corrected chi connectivity index (χ3v) is 5.93. The number of Topliss-reactive ketones (excluding diaryl/α,β-unsaturated/α-hetero) is 1. The quantitative estimate of drug-likeness (QED) is 0.440. The minimum Gasteiger partial charge on any atom is -0.378 e. The fourth-order valence-corrected chi connectivity index (χ4v) is 3.74. The van der Waals surface area contributed by atoms with Crippen molar-refractivity contribution in [3.05, 3.63) is 65.8 Å². The number of morpholine rings is 1. The second kappa shape index (κ2) is 10.6. The summed E-state index contributed by atoms with van der Waals surface area (Å²) >= 11 is 0. The van der Waals surface area contributed by atoms with Crippen LogP contribution < -0.4 is 4.90 Å². The fraction of sp³-hybridized carbons (Fsp3) is 0.480. The van der Waals surface area contributed by atoms with Gasteiger partial charge in [0.25, 0.3) is 0 Å². The number of carbonyl (C=O) groups excluding carboxylic acids is 1. The summed E-state index contributed by atoms with van der Waals surface area (Å²) in [6.07, 6.45) is 7.47. The molecule has 0 saturated carbocycles. The minimum atomic E-state index is -0.605. The number of anilines is 1. The predicted molar refractivity (Wildman–Crippen MR) is 123 cm³/mol. The molecule has 1 atom stereocenters. The monoisotopic (exact) mass is 396 g/mol. The minimum absolute atomic E-state index is 0.149. The van der Waals surface area contributed by atoms with Gasteiger partial charge in [-0.1, -0.05) is 42.9 Å². The smallest absolute Gasteiger partial charge is 0.183 e. The van der Waals surface area contributed by atoms with Gasteiger partial charge in [0.05, 0.1) is 18.8 Å². The molecule has 1 fully saturated rings. The lowest BCUT2D eigenvalue weighted by atomic mass is 9.80. The Morgan fingerprint density at radius 2 is 1.83 bits per heavy atom. The van der Waals surface area contributed by atoms with Gasteiger partial charge in [-0.2, -0.15) is 0 Å². The zero-order chi connectivity index (χ0) is 21.4. The van der Waals surface area contributed by atoms with Crippen LogP contribution in [0.3, 0.4) is 0 Å². The Kier molecular flexibility index (Phi) is 8.42. The van der Waals surface area contributed by atoms with Crippen molar-refractivity contribution in [2.24, 2.45) is 0 Å². The maximum Gasteiger partial charge on any atom is 0.183 e. The number of carbonyl (C=O) groups is 1. The number of nitrogens with zero attached hydrogens (tertiary/aromatic N) is 2. The van der Waals surface area contributed by atoms with Gasteiger partial charge >= 0.3 is 0 Å². The molecular weight excluding hydrogens is 360 g/mol. The molecule has 0 amide bonds. The van der Waals surface area contributed by atoms with Crippen LogP contribution in [0.2, 0.25) is 0 Å². The van der Waals surface area contributed by atoms with E-state index in [1.54, 1.807) is 0 Å². The number of allylic oxidation sites excluding steroid dienone is 4. The van der Waals surface area contributed by atoms with Crippen molar-refractivity contribution in [3.8, 4) is 0 Å². The molecule has 1 aromatic rings. The molecule has 0 spiro atoms. The van der Waals surface area contributed by atoms with E-state index in [4.69, 9.17) is 4.74 Å². The molecule has 1 aliphatic rings. The Morgan fingerprint density at radius 3 is 2.34 bits per heavy atom. The Morgan fingerprint density at radius 1 is 1.21 bits per heavy atom. The lowest BCUT2D eigenvalue weighted by molar-refractivity contribution is 0.0668. The zero-order valence-electron chi connectivity index (χ0n) is 18.7. The molecule has 0 bridgehead atoms. The Hall–Kier alpha value is -2.17. The van der Waals surface area contributed by atoms with Crippen LogP contribution in [0.4, 0.5) is 5.69 Å². The second-order valence-electron chi connectivity index (χ2n) is 7.96. The number of benzene rings is 1. The van der Waals surface area contributed by atoms with Crippen LogP contribution in [0.5, 0.6) is 0 Å². The van der Waals surface area contributed by atoms with Crippen LogP contribution in [0.15, 0.2) is 60.2 Å². The summed E-state index contributed by atoms with van der Waals surface area (Å²) in [5.74, 6) is 0.149. The predicted octanol–water partition coefficient (Wildman–Crippen LogP) is 4.89. The van der Waals surface area contributed by atoms with Gasteiger partial charge in [0.2, 0.25) is 0 Å². The molecule has 0 N–H and O–H groups in total. The van der Waals surface area contributed by atoms with Gasteiger partial charge in [-0.3, -0.25) is 9.69 Å². The maximum atomic E-state index is 13.6. The SMILES string of the molecule is C=C(/C=C\C(C)=C/C)CC(CC)(C(=O)c1ccc(N2CCOCC2)cc1)N(C)C. The molecule has 0 aliphatic carbocycles. The van der Waals surface area contributed by atoms with Crippen molar-refractivity contribution >= 4 is 11.5 Å². The van der Waals surface area contributed by atoms with Crippen molar-refractivity contribution in [2.45, 2.75) is 39.2 Å². The van der Waals surface area contributed by atoms with E-state index in [1.165, 1.54) is 5.57 Å². The first kappa shape index (κ1) is 23.1. The van der Waals surface area contributed by atoms with E-state index in [0.29, 0.717) is 6.42 Å². The van der Waals surface area contributed by atoms with Crippen molar-refractivity contribution < 1.29 is 9.53 Å². The van der Waals surface area contributed by atoms with E-state index < -0.39 is 5.54 Å². The summed E-state index contributed by atoms with van der Waals surface area (Å²) in [6, 6.07) is 8.03. The fourth-order valence-electron chi connectivity index (χ4n) is 3.74. The normalized spacial score (nSPS) is 17.6. The van der Waals surface area contributed by atoms with Crippen molar-refractivity contribution in [2.75, 3.05) is 45.3 Å². The number of ketones is 1. The van der Waals surface area contributed by atoms with Gasteiger partial charge in [0.1, 0.15) is 0 Å². The molecule has 1 aliphatic heterocycles. The number of rotatable bonds is 9. The van der Waals surface area contributed by atoms with Gasteiger partial charge < -0.3 is 9.64 Å². The summed E-state index contributed by atoms with van der Waals surface area (Å²) in [5, 5.41) is 0. The summed E-state index contributed by atoms with van der Waals surface area (Å²) < 4.78 is 5.43. The number of hydrogen-bond donors (Lipinski definition) is 0. The van der Waals surface area contributed by atoms with Crippen molar-refractivity contribution in [1.82, 2.24) is 4.90 Å². The summed E-state index contributed by atoms with van der Waals surface area (Å²) in [7, 11) is 3.97. The lowest BCUT2D eigenvalue weighted by Crippen LogP contribution is -2.51. The van der Waals surface area contributed by atoms with Crippen LogP contribution in [-0.4, -0.2) is 56.6 Å². The van der Waals surface area contributed by atoms with E-state index in [1.807, 2.05) is 44.1 Å². The Balaban J connectivity index is 2.23. The molecule has 1 unspecified atom stereocenters. The molecule has 4 heteroatoms. The highest BCUT2D eigenvalue weighted by molar-refractivity contribution is 6.03. The largest absolute Gasteiger partial charge is 0.378 e. The van der Waals surface area contributed by atoms with E-state index in [0.717, 1.165) is 49.5 Å². The molecule has 2 rings (SSSR count). The molecule has 1 aromatic carbocycles. The van der Waals surface area contributed by atoms with Crippen LogP contribution in [0, 0.1) is 0 Å². The Bertz CT molecular complexity index is 756. The highest BCUT2D eigenvalue weighted by Crippen LogP contribution is 2.31. The highest BCUT2D eigenvalue weighted by atomic mass is 16.5. The molecule has 0 radical (unpaired) electrons. The third kappa shape index (κ3) is 5.68. The third-order valence-electron chi connectivity index (χ3n) is 5.93. The summed E-state index contributed by atoms with van der Waals surface area (Å²) in [4.78, 5) is 18.0. The van der Waals surface area contributed by atoms with Crippen LogP contribution >= 0.6 is 0 Å². The molecule has 29 heavy (non-hydrogen) atoms. The van der Waals surface area contributed by atoms with Crippen LogP contribution in [-0.2, 0) is 4.74 Å². The first-order chi connectivity index (χ1) is 13.8. The number of hydrogen-bond acceptors (Lipinski definition) is 4. The first-order valence-corrected chi connectivity index (χ1v) is 10.5. The molecule has 0 aromatic heterocycles. The maximum absolute atomic E-state index is 13.6. The van der Waals surface area contributed by atoms with Gasteiger partial charge in [-0.15, -0.1) is 0 Å². The zero-order valence-corrected chi connectivity index (χ0v) is 18.7. The van der Waals surface area contributed by atoms with Gasteiger partial charge in [-0.25, -0.2) is 0 Å². The number of likely N-dealkylation sites (N-methyl/N-ethyl adjacent to an activating group) is 1. The van der Waals surface area contributed by atoms with E-state index >= 15 is 0 Å². The highest BCUT2D eigenvalue weighted by Gasteiger charge is 2.39. The van der Waals surface area contributed by atoms with Crippen molar-refractivity contribution in [1.29, 1.82) is 0 Å². The topological polar surface area (TPSA) is 32.8 Å². The molecular formula is C25H36N2O2. The van der Waals surface area contributed by atoms with E-state index in [-0.39, 0.29) is 5.78 Å². The summed E-state index contributed by atoms with van der Waals surface area (Å²) in [5.41, 5.74) is 3.43. The number of ether oxygens (including phenoxy) is 1. The first-order valence-electron chi connectivity index (χ1n) is 10.5. The van der Waals surface area contributed by atoms with Crippen LogP contribution in [0.1, 0.15) is 44.0 Å². The van der Waals surface area contributed by atoms with Crippen LogP contribution in [0.25, 0.3) is 0 Å². The standard InChI is InChI=1S/C25H36N2O2/c1-7-20(3)9-10-21(4)19-25(8-2,26(5)6)24(28)22-11-13-23(14-12-22)27-15-17-29-18-16-27/h7,9-14H,4,8,15-19H2,1-3,5-6H3/b10-9-,20-7-. The lowest BCUT2D eigenvalue weighted by Gasteiger charge is -2.38. The average Bonchev–Trinajstić information content (AvgIpc) is 2.75.